The molecule has 1 aromatic heterocycles. The van der Waals surface area contributed by atoms with Crippen LogP contribution >= 0.6 is 0 Å². The van der Waals surface area contributed by atoms with Crippen molar-refractivity contribution in [3.63, 3.8) is 0 Å². The number of carbonyl (C=O) groups excluding carboxylic acids is 1. The van der Waals surface area contributed by atoms with Crippen molar-refractivity contribution in [3.05, 3.63) is 47.7 Å². The molecule has 3 rings (SSSR count). The zero-order chi connectivity index (χ0) is 13.4. The molecule has 3 nitrogen and oxygen atoms in total. The fourth-order valence-corrected chi connectivity index (χ4v) is 2.41. The average Bonchev–Trinajstić information content (AvgIpc) is 2.77. The topological polar surface area (TPSA) is 42.2 Å². The Morgan fingerprint density at radius 2 is 1.95 bits per heavy atom. The van der Waals surface area contributed by atoms with Crippen molar-refractivity contribution in [1.82, 2.24) is 5.32 Å². The van der Waals surface area contributed by atoms with E-state index in [1.807, 2.05) is 44.2 Å². The highest BCUT2D eigenvalue weighted by atomic mass is 16.3. The van der Waals surface area contributed by atoms with E-state index in [1.165, 1.54) is 0 Å². The van der Waals surface area contributed by atoms with Gasteiger partial charge in [-0.3, -0.25) is 4.79 Å². The standard InChI is InChI=1S/C16H15NO2/c1-3-17-16(18)14-10(2)12-9-8-11-6-4-5-7-13(11)15(12)19-14/h4-9H,3H2,1-2H3,(H,17,18). The second-order valence-electron chi connectivity index (χ2n) is 4.58. The Hall–Kier alpha value is -2.29. The van der Waals surface area contributed by atoms with Crippen LogP contribution in [0.2, 0.25) is 0 Å². The van der Waals surface area contributed by atoms with E-state index in [0.717, 1.165) is 27.3 Å². The molecule has 0 saturated heterocycles. The Bertz CT molecular complexity index is 771. The largest absolute Gasteiger partial charge is 0.450 e. The van der Waals surface area contributed by atoms with E-state index in [0.29, 0.717) is 12.3 Å². The summed E-state index contributed by atoms with van der Waals surface area (Å²) in [4.78, 5) is 12.0. The first-order chi connectivity index (χ1) is 9.22. The van der Waals surface area contributed by atoms with Crippen LogP contribution < -0.4 is 5.32 Å². The van der Waals surface area contributed by atoms with Crippen LogP contribution in [0.3, 0.4) is 0 Å². The number of nitrogens with one attached hydrogen (secondary N) is 1. The lowest BCUT2D eigenvalue weighted by Gasteiger charge is -1.98. The molecule has 0 atom stereocenters. The first kappa shape index (κ1) is 11.8. The summed E-state index contributed by atoms with van der Waals surface area (Å²) in [5.41, 5.74) is 1.68. The van der Waals surface area contributed by atoms with Gasteiger partial charge in [0.2, 0.25) is 0 Å². The third-order valence-electron chi connectivity index (χ3n) is 3.37. The molecule has 0 aliphatic rings. The van der Waals surface area contributed by atoms with E-state index in [1.54, 1.807) is 0 Å². The summed E-state index contributed by atoms with van der Waals surface area (Å²) in [6.07, 6.45) is 0. The van der Waals surface area contributed by atoms with E-state index in [2.05, 4.69) is 11.4 Å². The lowest BCUT2D eigenvalue weighted by Crippen LogP contribution is -2.22. The monoisotopic (exact) mass is 253 g/mol. The number of amides is 1. The minimum Gasteiger partial charge on any atom is -0.450 e. The highest BCUT2D eigenvalue weighted by Crippen LogP contribution is 2.31. The molecule has 3 aromatic rings. The van der Waals surface area contributed by atoms with Gasteiger partial charge >= 0.3 is 0 Å². The lowest BCUT2D eigenvalue weighted by molar-refractivity contribution is 0.0929. The number of hydrogen-bond donors (Lipinski definition) is 1. The molecule has 3 heteroatoms. The lowest BCUT2D eigenvalue weighted by atomic mass is 10.1. The molecule has 1 N–H and O–H groups in total. The van der Waals surface area contributed by atoms with Crippen LogP contribution in [0, 0.1) is 6.92 Å². The summed E-state index contributed by atoms with van der Waals surface area (Å²) in [6, 6.07) is 12.1. The van der Waals surface area contributed by atoms with Crippen molar-refractivity contribution < 1.29 is 9.21 Å². The van der Waals surface area contributed by atoms with Crippen LogP contribution in [0.5, 0.6) is 0 Å². The zero-order valence-corrected chi connectivity index (χ0v) is 11.0. The summed E-state index contributed by atoms with van der Waals surface area (Å²) in [5, 5.41) is 5.94. The van der Waals surface area contributed by atoms with E-state index < -0.39 is 0 Å². The minimum atomic E-state index is -0.153. The molecule has 0 aliphatic heterocycles. The Kier molecular flexibility index (Phi) is 2.75. The molecule has 96 valence electrons. The minimum absolute atomic E-state index is 0.153. The molecule has 0 bridgehead atoms. The number of rotatable bonds is 2. The SMILES string of the molecule is CCNC(=O)c1oc2c(ccc3ccccc32)c1C. The summed E-state index contributed by atoms with van der Waals surface area (Å²) in [6.45, 7) is 4.41. The van der Waals surface area contributed by atoms with E-state index in [4.69, 9.17) is 4.42 Å². The van der Waals surface area contributed by atoms with E-state index in [-0.39, 0.29) is 5.91 Å². The van der Waals surface area contributed by atoms with Gasteiger partial charge in [-0.2, -0.15) is 0 Å². The predicted molar refractivity (Wildman–Crippen MR) is 76.5 cm³/mol. The smallest absolute Gasteiger partial charge is 0.287 e. The van der Waals surface area contributed by atoms with Crippen molar-refractivity contribution in [2.75, 3.05) is 6.54 Å². The average molecular weight is 253 g/mol. The molecular weight excluding hydrogens is 238 g/mol. The maximum Gasteiger partial charge on any atom is 0.287 e. The Balaban J connectivity index is 2.30. The molecule has 19 heavy (non-hydrogen) atoms. The van der Waals surface area contributed by atoms with Gasteiger partial charge in [0.05, 0.1) is 0 Å². The number of benzene rings is 2. The Morgan fingerprint density at radius 1 is 1.16 bits per heavy atom. The van der Waals surface area contributed by atoms with Gasteiger partial charge in [0.1, 0.15) is 5.58 Å². The van der Waals surface area contributed by atoms with Gasteiger partial charge in [-0.15, -0.1) is 0 Å². The second-order valence-corrected chi connectivity index (χ2v) is 4.58. The summed E-state index contributed by atoms with van der Waals surface area (Å²) >= 11 is 0. The van der Waals surface area contributed by atoms with Gasteiger partial charge < -0.3 is 9.73 Å². The van der Waals surface area contributed by atoms with Gasteiger partial charge in [-0.25, -0.2) is 0 Å². The van der Waals surface area contributed by atoms with Crippen LogP contribution in [0.4, 0.5) is 0 Å². The van der Waals surface area contributed by atoms with Crippen LogP contribution in [0.15, 0.2) is 40.8 Å². The molecule has 1 amide bonds. The van der Waals surface area contributed by atoms with Crippen molar-refractivity contribution in [2.45, 2.75) is 13.8 Å². The van der Waals surface area contributed by atoms with Crippen molar-refractivity contribution in [1.29, 1.82) is 0 Å². The Labute approximate surface area is 111 Å². The van der Waals surface area contributed by atoms with Crippen molar-refractivity contribution in [3.8, 4) is 0 Å². The third-order valence-corrected chi connectivity index (χ3v) is 3.37. The molecule has 0 saturated carbocycles. The molecule has 0 spiro atoms. The maximum atomic E-state index is 12.0. The predicted octanol–water partition coefficient (Wildman–Crippen LogP) is 3.64. The highest BCUT2D eigenvalue weighted by molar-refractivity contribution is 6.08. The van der Waals surface area contributed by atoms with Crippen molar-refractivity contribution in [2.24, 2.45) is 0 Å². The number of fused-ring (bicyclic) bond motifs is 3. The number of carbonyl (C=O) groups is 1. The van der Waals surface area contributed by atoms with E-state index in [9.17, 15) is 4.79 Å². The first-order valence-electron chi connectivity index (χ1n) is 6.41. The second kappa shape index (κ2) is 4.43. The fourth-order valence-electron chi connectivity index (χ4n) is 2.41. The van der Waals surface area contributed by atoms with Gasteiger partial charge in [0.15, 0.2) is 5.76 Å². The summed E-state index contributed by atoms with van der Waals surface area (Å²) in [5.74, 6) is 0.258. The van der Waals surface area contributed by atoms with E-state index >= 15 is 0 Å². The molecule has 1 heterocycles. The third kappa shape index (κ3) is 1.78. The highest BCUT2D eigenvalue weighted by Gasteiger charge is 2.18. The molecule has 0 aliphatic carbocycles. The van der Waals surface area contributed by atoms with Crippen LogP contribution in [-0.4, -0.2) is 12.5 Å². The van der Waals surface area contributed by atoms with Gasteiger partial charge in [0.25, 0.3) is 5.91 Å². The van der Waals surface area contributed by atoms with Crippen LogP contribution in [0.1, 0.15) is 23.0 Å². The summed E-state index contributed by atoms with van der Waals surface area (Å²) in [7, 11) is 0. The number of aryl methyl sites for hydroxylation is 1. The zero-order valence-electron chi connectivity index (χ0n) is 11.0. The number of furan rings is 1. The van der Waals surface area contributed by atoms with Gasteiger partial charge in [-0.05, 0) is 19.2 Å². The fraction of sp³-hybridized carbons (Fsp3) is 0.188. The molecule has 0 unspecified atom stereocenters. The van der Waals surface area contributed by atoms with Crippen LogP contribution in [-0.2, 0) is 0 Å². The molecule has 0 radical (unpaired) electrons. The van der Waals surface area contributed by atoms with Crippen molar-refractivity contribution >= 4 is 27.6 Å². The van der Waals surface area contributed by atoms with Crippen LogP contribution in [0.25, 0.3) is 21.7 Å². The normalized spacial score (nSPS) is 11.1. The number of hydrogen-bond acceptors (Lipinski definition) is 2. The molecule has 2 aromatic carbocycles. The summed E-state index contributed by atoms with van der Waals surface area (Å²) < 4.78 is 5.81. The van der Waals surface area contributed by atoms with Gasteiger partial charge in [0, 0.05) is 22.9 Å². The molecular formula is C16H15NO2. The maximum absolute atomic E-state index is 12.0. The Morgan fingerprint density at radius 3 is 2.74 bits per heavy atom. The molecule has 0 fully saturated rings. The quantitative estimate of drug-likeness (QED) is 0.757. The first-order valence-corrected chi connectivity index (χ1v) is 6.41. The van der Waals surface area contributed by atoms with Gasteiger partial charge in [-0.1, -0.05) is 36.4 Å².